The lowest BCUT2D eigenvalue weighted by molar-refractivity contribution is 0.459. The summed E-state index contributed by atoms with van der Waals surface area (Å²) in [7, 11) is 0. The molecule has 0 amide bonds. The largest absolute Gasteiger partial charge is 0.439 e. The number of aromatic nitrogens is 1. The number of benzene rings is 1. The molecule has 0 aliphatic heterocycles. The first kappa shape index (κ1) is 9.52. The molecule has 1 aromatic heterocycles. The van der Waals surface area contributed by atoms with Gasteiger partial charge in [-0.1, -0.05) is 12.1 Å². The van der Waals surface area contributed by atoms with Crippen molar-refractivity contribution in [3.8, 4) is 11.6 Å². The van der Waals surface area contributed by atoms with E-state index in [0.717, 1.165) is 5.56 Å². The molecule has 2 rings (SSSR count). The summed E-state index contributed by atoms with van der Waals surface area (Å²) >= 11 is 0. The van der Waals surface area contributed by atoms with E-state index in [9.17, 15) is 0 Å². The van der Waals surface area contributed by atoms with E-state index in [1.807, 2.05) is 37.3 Å². The van der Waals surface area contributed by atoms with Gasteiger partial charge in [-0.15, -0.1) is 0 Å². The van der Waals surface area contributed by atoms with Gasteiger partial charge >= 0.3 is 0 Å². The fourth-order valence-corrected chi connectivity index (χ4v) is 1.27. The molecule has 3 heteroatoms. The zero-order valence-corrected chi connectivity index (χ0v) is 8.47. The Hall–Kier alpha value is -2.03. The van der Waals surface area contributed by atoms with E-state index in [0.29, 0.717) is 17.3 Å². The highest BCUT2D eigenvalue weighted by atomic mass is 16.5. The SMILES string of the molecule is Cc1cccnc1Oc1cccc(N)c1. The van der Waals surface area contributed by atoms with Crippen LogP contribution in [0.1, 0.15) is 5.56 Å². The molecule has 15 heavy (non-hydrogen) atoms. The number of nitrogen functional groups attached to an aromatic ring is 1. The predicted molar refractivity (Wildman–Crippen MR) is 59.9 cm³/mol. The number of ether oxygens (including phenoxy) is 1. The molecule has 0 saturated heterocycles. The molecule has 0 saturated carbocycles. The fourth-order valence-electron chi connectivity index (χ4n) is 1.27. The van der Waals surface area contributed by atoms with E-state index >= 15 is 0 Å². The highest BCUT2D eigenvalue weighted by molar-refractivity contribution is 5.45. The quantitative estimate of drug-likeness (QED) is 0.758. The van der Waals surface area contributed by atoms with E-state index in [2.05, 4.69) is 4.98 Å². The smallest absolute Gasteiger partial charge is 0.222 e. The van der Waals surface area contributed by atoms with Gasteiger partial charge in [-0.2, -0.15) is 0 Å². The third-order valence-electron chi connectivity index (χ3n) is 2.03. The Kier molecular flexibility index (Phi) is 2.54. The molecule has 0 spiro atoms. The number of anilines is 1. The van der Waals surface area contributed by atoms with Crippen LogP contribution in [-0.4, -0.2) is 4.98 Å². The molecule has 0 bridgehead atoms. The summed E-state index contributed by atoms with van der Waals surface area (Å²) < 4.78 is 5.60. The zero-order valence-electron chi connectivity index (χ0n) is 8.47. The maximum Gasteiger partial charge on any atom is 0.222 e. The fraction of sp³-hybridized carbons (Fsp3) is 0.0833. The Labute approximate surface area is 88.5 Å². The van der Waals surface area contributed by atoms with Crippen molar-refractivity contribution in [3.63, 3.8) is 0 Å². The first-order chi connectivity index (χ1) is 7.25. The number of hydrogen-bond acceptors (Lipinski definition) is 3. The Morgan fingerprint density at radius 3 is 2.80 bits per heavy atom. The van der Waals surface area contributed by atoms with Crippen molar-refractivity contribution in [2.45, 2.75) is 6.92 Å². The molecule has 2 N–H and O–H groups in total. The van der Waals surface area contributed by atoms with Crippen LogP contribution in [0.3, 0.4) is 0 Å². The molecule has 2 aromatic rings. The van der Waals surface area contributed by atoms with Gasteiger partial charge < -0.3 is 10.5 Å². The second kappa shape index (κ2) is 4.00. The number of nitrogens with two attached hydrogens (primary N) is 1. The molecule has 1 heterocycles. The van der Waals surface area contributed by atoms with Crippen molar-refractivity contribution in [2.75, 3.05) is 5.73 Å². The van der Waals surface area contributed by atoms with Crippen molar-refractivity contribution in [2.24, 2.45) is 0 Å². The minimum Gasteiger partial charge on any atom is -0.439 e. The van der Waals surface area contributed by atoms with Crippen LogP contribution in [0, 0.1) is 6.92 Å². The minimum atomic E-state index is 0.614. The van der Waals surface area contributed by atoms with Gasteiger partial charge in [-0.3, -0.25) is 0 Å². The molecule has 0 aliphatic carbocycles. The van der Waals surface area contributed by atoms with Gasteiger partial charge in [0.25, 0.3) is 0 Å². The van der Waals surface area contributed by atoms with Gasteiger partial charge in [0.05, 0.1) is 0 Å². The van der Waals surface area contributed by atoms with Crippen LogP contribution in [0.15, 0.2) is 42.6 Å². The molecule has 3 nitrogen and oxygen atoms in total. The van der Waals surface area contributed by atoms with Crippen LogP contribution in [0.25, 0.3) is 0 Å². The monoisotopic (exact) mass is 200 g/mol. The lowest BCUT2D eigenvalue weighted by atomic mass is 10.3. The summed E-state index contributed by atoms with van der Waals surface area (Å²) in [5.74, 6) is 1.32. The highest BCUT2D eigenvalue weighted by Gasteiger charge is 2.01. The average Bonchev–Trinajstić information content (AvgIpc) is 2.22. The van der Waals surface area contributed by atoms with E-state index in [1.54, 1.807) is 12.3 Å². The molecule has 0 aliphatic rings. The number of pyridine rings is 1. The first-order valence-corrected chi connectivity index (χ1v) is 4.71. The standard InChI is InChI=1S/C12H12N2O/c1-9-4-3-7-14-12(9)15-11-6-2-5-10(13)8-11/h2-8H,13H2,1H3. The summed E-state index contributed by atoms with van der Waals surface area (Å²) in [4.78, 5) is 4.14. The van der Waals surface area contributed by atoms with Crippen LogP contribution in [0.5, 0.6) is 11.6 Å². The highest BCUT2D eigenvalue weighted by Crippen LogP contribution is 2.23. The Balaban J connectivity index is 2.26. The Morgan fingerprint density at radius 2 is 2.07 bits per heavy atom. The van der Waals surface area contributed by atoms with Gasteiger partial charge in [0.15, 0.2) is 0 Å². The molecule has 1 aromatic carbocycles. The normalized spacial score (nSPS) is 9.93. The summed E-state index contributed by atoms with van der Waals surface area (Å²) in [6.45, 7) is 1.95. The summed E-state index contributed by atoms with van der Waals surface area (Å²) in [6.07, 6.45) is 1.70. The van der Waals surface area contributed by atoms with Gasteiger partial charge in [-0.25, -0.2) is 4.98 Å². The minimum absolute atomic E-state index is 0.614. The summed E-state index contributed by atoms with van der Waals surface area (Å²) in [5, 5.41) is 0. The van der Waals surface area contributed by atoms with Gasteiger partial charge in [0.1, 0.15) is 5.75 Å². The Bertz CT molecular complexity index is 469. The first-order valence-electron chi connectivity index (χ1n) is 4.71. The van der Waals surface area contributed by atoms with E-state index in [-0.39, 0.29) is 0 Å². The second-order valence-electron chi connectivity index (χ2n) is 3.30. The van der Waals surface area contributed by atoms with Crippen molar-refractivity contribution in [3.05, 3.63) is 48.2 Å². The van der Waals surface area contributed by atoms with Gasteiger partial charge in [-0.05, 0) is 25.1 Å². The van der Waals surface area contributed by atoms with Crippen LogP contribution in [0.2, 0.25) is 0 Å². The van der Waals surface area contributed by atoms with Crippen molar-refractivity contribution in [1.29, 1.82) is 0 Å². The molecule has 0 atom stereocenters. The zero-order chi connectivity index (χ0) is 10.7. The van der Waals surface area contributed by atoms with Crippen LogP contribution >= 0.6 is 0 Å². The van der Waals surface area contributed by atoms with E-state index in [1.165, 1.54) is 0 Å². The topological polar surface area (TPSA) is 48.1 Å². The lowest BCUT2D eigenvalue weighted by Crippen LogP contribution is -1.91. The number of hydrogen-bond donors (Lipinski definition) is 1. The number of nitrogens with zero attached hydrogens (tertiary/aromatic N) is 1. The predicted octanol–water partition coefficient (Wildman–Crippen LogP) is 2.76. The average molecular weight is 200 g/mol. The van der Waals surface area contributed by atoms with Crippen LogP contribution in [-0.2, 0) is 0 Å². The van der Waals surface area contributed by atoms with Crippen molar-refractivity contribution < 1.29 is 4.74 Å². The summed E-state index contributed by atoms with van der Waals surface area (Å²) in [5.41, 5.74) is 7.33. The number of rotatable bonds is 2. The molecular formula is C12H12N2O. The molecule has 0 unspecified atom stereocenters. The Morgan fingerprint density at radius 1 is 1.20 bits per heavy atom. The summed E-state index contributed by atoms with van der Waals surface area (Å²) in [6, 6.07) is 11.1. The molecule has 76 valence electrons. The van der Waals surface area contributed by atoms with Crippen LogP contribution in [0.4, 0.5) is 5.69 Å². The maximum atomic E-state index is 5.65. The molecular weight excluding hydrogens is 188 g/mol. The molecule has 0 fully saturated rings. The third kappa shape index (κ3) is 2.26. The van der Waals surface area contributed by atoms with Crippen LogP contribution < -0.4 is 10.5 Å². The third-order valence-corrected chi connectivity index (χ3v) is 2.03. The lowest BCUT2D eigenvalue weighted by Gasteiger charge is -2.06. The molecule has 0 radical (unpaired) electrons. The van der Waals surface area contributed by atoms with E-state index < -0.39 is 0 Å². The van der Waals surface area contributed by atoms with Gasteiger partial charge in [0.2, 0.25) is 5.88 Å². The van der Waals surface area contributed by atoms with E-state index in [4.69, 9.17) is 10.5 Å². The number of aryl methyl sites for hydroxylation is 1. The van der Waals surface area contributed by atoms with Crippen molar-refractivity contribution >= 4 is 5.69 Å². The maximum absolute atomic E-state index is 5.65. The van der Waals surface area contributed by atoms with Gasteiger partial charge in [0, 0.05) is 23.5 Å². The van der Waals surface area contributed by atoms with Crippen molar-refractivity contribution in [1.82, 2.24) is 4.98 Å². The second-order valence-corrected chi connectivity index (χ2v) is 3.30.